The lowest BCUT2D eigenvalue weighted by Crippen LogP contribution is -2.41. The lowest BCUT2D eigenvalue weighted by molar-refractivity contribution is 0.00578. The molecule has 1 heterocycles. The second-order valence-electron chi connectivity index (χ2n) is 7.96. The molecule has 1 saturated heterocycles. The number of amides is 1. The molecule has 4 rings (SSSR count). The summed E-state index contributed by atoms with van der Waals surface area (Å²) in [6.45, 7) is 7.71. The minimum Gasteiger partial charge on any atom is -0.399 e. The van der Waals surface area contributed by atoms with Crippen molar-refractivity contribution in [3.63, 3.8) is 0 Å². The van der Waals surface area contributed by atoms with Gasteiger partial charge in [-0.15, -0.1) is 0 Å². The zero-order valence-electron chi connectivity index (χ0n) is 15.4. The van der Waals surface area contributed by atoms with E-state index in [0.29, 0.717) is 17.4 Å². The van der Waals surface area contributed by atoms with E-state index >= 15 is 4.39 Å². The average molecular weight is 353 g/mol. The number of halogens is 1. The summed E-state index contributed by atoms with van der Waals surface area (Å²) in [5.41, 5.74) is 8.25. The van der Waals surface area contributed by atoms with Crippen molar-refractivity contribution in [3.05, 3.63) is 52.8 Å². The summed E-state index contributed by atoms with van der Waals surface area (Å²) in [6.07, 6.45) is 0.538. The van der Waals surface area contributed by atoms with E-state index in [4.69, 9.17) is 15.0 Å². The van der Waals surface area contributed by atoms with Crippen molar-refractivity contribution in [2.75, 3.05) is 0 Å². The predicted octanol–water partition coefficient (Wildman–Crippen LogP) is 2.80. The Balaban J connectivity index is 1.96. The summed E-state index contributed by atoms with van der Waals surface area (Å²) in [5.74, 6) is -1.17. The van der Waals surface area contributed by atoms with Crippen LogP contribution in [-0.4, -0.2) is 24.2 Å². The summed E-state index contributed by atoms with van der Waals surface area (Å²) >= 11 is 0. The predicted molar refractivity (Wildman–Crippen MR) is 98.9 cm³/mol. The first-order valence-corrected chi connectivity index (χ1v) is 8.71. The molecule has 0 radical (unpaired) electrons. The van der Waals surface area contributed by atoms with Gasteiger partial charge < -0.3 is 15.0 Å². The second-order valence-corrected chi connectivity index (χ2v) is 7.96. The first kappa shape index (κ1) is 17.2. The molecule has 26 heavy (non-hydrogen) atoms. The average Bonchev–Trinajstić information content (AvgIpc) is 3.01. The monoisotopic (exact) mass is 353 g/mol. The van der Waals surface area contributed by atoms with Crippen LogP contribution >= 0.6 is 0 Å². The molecular formula is C20H21BFNO3. The van der Waals surface area contributed by atoms with Gasteiger partial charge in [0.05, 0.1) is 11.2 Å². The number of carbonyl (C=O) groups excluding carboxylic acids is 1. The van der Waals surface area contributed by atoms with Crippen LogP contribution in [0.3, 0.4) is 0 Å². The smallest absolute Gasteiger partial charge is 0.399 e. The van der Waals surface area contributed by atoms with Crippen LogP contribution in [0.15, 0.2) is 30.3 Å². The van der Waals surface area contributed by atoms with Crippen molar-refractivity contribution in [1.29, 1.82) is 0 Å². The van der Waals surface area contributed by atoms with Gasteiger partial charge in [0.1, 0.15) is 5.82 Å². The third-order valence-electron chi connectivity index (χ3n) is 5.83. The molecule has 6 heteroatoms. The molecule has 1 amide bonds. The lowest BCUT2D eigenvalue weighted by atomic mass is 9.73. The molecule has 0 spiro atoms. The van der Waals surface area contributed by atoms with Crippen LogP contribution in [0.5, 0.6) is 0 Å². The van der Waals surface area contributed by atoms with Gasteiger partial charge in [0, 0.05) is 11.0 Å². The first-order valence-electron chi connectivity index (χ1n) is 8.71. The van der Waals surface area contributed by atoms with Crippen LogP contribution in [0.4, 0.5) is 4.39 Å². The molecule has 2 N–H and O–H groups in total. The zero-order chi connectivity index (χ0) is 18.9. The Labute approximate surface area is 152 Å². The number of benzene rings is 2. The van der Waals surface area contributed by atoms with E-state index in [-0.39, 0.29) is 5.56 Å². The first-order chi connectivity index (χ1) is 12.1. The molecule has 1 aliphatic carbocycles. The van der Waals surface area contributed by atoms with Crippen molar-refractivity contribution in [2.45, 2.75) is 45.3 Å². The molecule has 0 aromatic heterocycles. The van der Waals surface area contributed by atoms with Crippen LogP contribution in [0.2, 0.25) is 0 Å². The molecule has 0 unspecified atom stereocenters. The molecule has 2 aromatic rings. The van der Waals surface area contributed by atoms with E-state index < -0.39 is 30.0 Å². The summed E-state index contributed by atoms with van der Waals surface area (Å²) in [5, 5.41) is 0. The van der Waals surface area contributed by atoms with Crippen LogP contribution in [0.25, 0.3) is 11.1 Å². The number of nitrogens with two attached hydrogens (primary N) is 1. The third kappa shape index (κ3) is 2.32. The molecule has 0 atom stereocenters. The highest BCUT2D eigenvalue weighted by atomic mass is 19.1. The maximum absolute atomic E-state index is 15.1. The van der Waals surface area contributed by atoms with Gasteiger partial charge in [-0.25, -0.2) is 4.39 Å². The van der Waals surface area contributed by atoms with E-state index in [1.807, 2.05) is 52.0 Å². The molecular weight excluding hydrogens is 332 g/mol. The van der Waals surface area contributed by atoms with Crippen molar-refractivity contribution in [2.24, 2.45) is 5.73 Å². The highest BCUT2D eigenvalue weighted by molar-refractivity contribution is 6.64. The van der Waals surface area contributed by atoms with Crippen LogP contribution in [0.1, 0.15) is 49.2 Å². The third-order valence-corrected chi connectivity index (χ3v) is 5.83. The van der Waals surface area contributed by atoms with Crippen molar-refractivity contribution in [1.82, 2.24) is 0 Å². The largest absolute Gasteiger partial charge is 0.498 e. The van der Waals surface area contributed by atoms with Gasteiger partial charge in [0.25, 0.3) is 0 Å². The highest BCUT2D eigenvalue weighted by Crippen LogP contribution is 2.41. The Kier molecular flexibility index (Phi) is 3.59. The van der Waals surface area contributed by atoms with Crippen LogP contribution in [0, 0.1) is 5.82 Å². The van der Waals surface area contributed by atoms with Gasteiger partial charge in [-0.05, 0) is 62.4 Å². The van der Waals surface area contributed by atoms with E-state index in [1.54, 1.807) is 0 Å². The van der Waals surface area contributed by atoms with Gasteiger partial charge >= 0.3 is 7.12 Å². The highest BCUT2D eigenvalue weighted by Gasteiger charge is 2.53. The summed E-state index contributed by atoms with van der Waals surface area (Å²) in [4.78, 5) is 11.9. The van der Waals surface area contributed by atoms with Crippen molar-refractivity contribution < 1.29 is 18.5 Å². The summed E-state index contributed by atoms with van der Waals surface area (Å²) in [6, 6.07) is 8.95. The summed E-state index contributed by atoms with van der Waals surface area (Å²) in [7, 11) is -0.846. The fraction of sp³-hybridized carbons (Fsp3) is 0.350. The van der Waals surface area contributed by atoms with Gasteiger partial charge in [-0.2, -0.15) is 0 Å². The minimum atomic E-state index is -0.846. The lowest BCUT2D eigenvalue weighted by Gasteiger charge is -2.32. The van der Waals surface area contributed by atoms with E-state index in [0.717, 1.165) is 16.7 Å². The number of primary amides is 1. The van der Waals surface area contributed by atoms with E-state index in [9.17, 15) is 4.79 Å². The Bertz CT molecular complexity index is 923. The standard InChI is InChI=1S/C20H21BFNO3/c1-19(2)20(3,4)26-21(25-19)17-15(22)10-14(18(23)24)13-9-11-7-5-6-8-12(11)16(13)17/h5-8,10H,9H2,1-4H3,(H2,23,24). The molecule has 2 aliphatic rings. The van der Waals surface area contributed by atoms with E-state index in [1.165, 1.54) is 6.07 Å². The molecule has 1 aliphatic heterocycles. The number of hydrogen-bond donors (Lipinski definition) is 1. The fourth-order valence-electron chi connectivity index (χ4n) is 3.72. The maximum atomic E-state index is 15.1. The maximum Gasteiger partial charge on any atom is 0.498 e. The van der Waals surface area contributed by atoms with Gasteiger partial charge in [0.15, 0.2) is 0 Å². The Morgan fingerprint density at radius 1 is 1.15 bits per heavy atom. The van der Waals surface area contributed by atoms with Gasteiger partial charge in [-0.1, -0.05) is 24.3 Å². The number of hydrogen-bond acceptors (Lipinski definition) is 3. The SMILES string of the molecule is CC1(C)OB(c2c(F)cc(C(N)=O)c3c2-c2ccccc2C3)OC1(C)C. The Morgan fingerprint density at radius 3 is 2.38 bits per heavy atom. The topological polar surface area (TPSA) is 61.5 Å². The van der Waals surface area contributed by atoms with E-state index in [2.05, 4.69) is 0 Å². The minimum absolute atomic E-state index is 0.217. The van der Waals surface area contributed by atoms with Crippen molar-refractivity contribution in [3.8, 4) is 11.1 Å². The quantitative estimate of drug-likeness (QED) is 0.721. The number of rotatable bonds is 2. The molecule has 0 bridgehead atoms. The van der Waals surface area contributed by atoms with Crippen molar-refractivity contribution >= 4 is 18.5 Å². The fourth-order valence-corrected chi connectivity index (χ4v) is 3.72. The number of fused-ring (bicyclic) bond motifs is 3. The Morgan fingerprint density at radius 2 is 1.77 bits per heavy atom. The normalized spacial score (nSPS) is 19.3. The zero-order valence-corrected chi connectivity index (χ0v) is 15.4. The molecule has 1 fully saturated rings. The Hall–Kier alpha value is -2.18. The van der Waals surface area contributed by atoms with Gasteiger partial charge in [0.2, 0.25) is 5.91 Å². The van der Waals surface area contributed by atoms with Gasteiger partial charge in [-0.3, -0.25) is 4.79 Å². The second kappa shape index (κ2) is 5.41. The molecule has 0 saturated carbocycles. The molecule has 134 valence electrons. The number of carbonyl (C=O) groups is 1. The van der Waals surface area contributed by atoms with Crippen LogP contribution in [-0.2, 0) is 15.7 Å². The summed E-state index contributed by atoms with van der Waals surface area (Å²) < 4.78 is 27.3. The van der Waals surface area contributed by atoms with Crippen LogP contribution < -0.4 is 11.2 Å². The molecule has 2 aromatic carbocycles. The molecule has 4 nitrogen and oxygen atoms in total.